The van der Waals surface area contributed by atoms with Gasteiger partial charge < -0.3 is 5.32 Å². The molecule has 0 bridgehead atoms. The lowest BCUT2D eigenvalue weighted by Gasteiger charge is -2.17. The molecule has 29 heavy (non-hydrogen) atoms. The monoisotopic (exact) mass is 406 g/mol. The Hall–Kier alpha value is -2.86. The lowest BCUT2D eigenvalue weighted by molar-refractivity contribution is -0.125. The second kappa shape index (κ2) is 7.87. The molecule has 2 aliphatic rings. The van der Waals surface area contributed by atoms with E-state index in [1.807, 2.05) is 61.5 Å². The van der Waals surface area contributed by atoms with Gasteiger partial charge in [0, 0.05) is 13.1 Å². The summed E-state index contributed by atoms with van der Waals surface area (Å²) in [4.78, 5) is 39.2. The number of nitrogens with one attached hydrogen (secondary N) is 1. The summed E-state index contributed by atoms with van der Waals surface area (Å²) in [5.41, 5.74) is 2.58. The fraction of sp³-hybridized carbons (Fsp3) is 0.261. The van der Waals surface area contributed by atoms with E-state index in [9.17, 15) is 14.4 Å². The van der Waals surface area contributed by atoms with E-state index in [4.69, 9.17) is 0 Å². The van der Waals surface area contributed by atoms with Crippen LogP contribution in [-0.4, -0.2) is 35.0 Å². The van der Waals surface area contributed by atoms with Crippen LogP contribution in [-0.2, 0) is 15.0 Å². The van der Waals surface area contributed by atoms with Crippen molar-refractivity contribution >= 4 is 34.9 Å². The Morgan fingerprint density at radius 3 is 2.45 bits per heavy atom. The highest BCUT2D eigenvalue weighted by molar-refractivity contribution is 8.18. The minimum atomic E-state index is -0.453. The Balaban J connectivity index is 1.35. The third-order valence-electron chi connectivity index (χ3n) is 5.38. The number of carbonyl (C=O) groups is 3. The summed E-state index contributed by atoms with van der Waals surface area (Å²) in [5.74, 6) is -0.343. The van der Waals surface area contributed by atoms with E-state index in [0.29, 0.717) is 4.91 Å². The molecule has 0 aromatic heterocycles. The molecule has 2 aromatic rings. The number of hydrogen-bond acceptors (Lipinski definition) is 4. The van der Waals surface area contributed by atoms with Crippen LogP contribution in [0.2, 0.25) is 0 Å². The first kappa shape index (κ1) is 19.5. The molecular weight excluding hydrogens is 384 g/mol. The predicted molar refractivity (Wildman–Crippen MR) is 114 cm³/mol. The number of amides is 3. The van der Waals surface area contributed by atoms with Gasteiger partial charge in [0.2, 0.25) is 5.91 Å². The number of benzene rings is 2. The van der Waals surface area contributed by atoms with Crippen LogP contribution in [0.15, 0.2) is 59.5 Å². The predicted octanol–water partition coefficient (Wildman–Crippen LogP) is 3.88. The van der Waals surface area contributed by atoms with E-state index in [1.165, 1.54) is 4.90 Å². The zero-order valence-corrected chi connectivity index (χ0v) is 17.0. The molecule has 1 saturated carbocycles. The minimum absolute atomic E-state index is 0.0362. The number of imide groups is 1. The van der Waals surface area contributed by atoms with Crippen LogP contribution in [0.5, 0.6) is 0 Å². The summed E-state index contributed by atoms with van der Waals surface area (Å²) in [6, 6.07) is 17.5. The van der Waals surface area contributed by atoms with Gasteiger partial charge in [-0.25, -0.2) is 0 Å². The standard InChI is InChI=1S/C23H22N2O3S/c1-16-7-9-17(10-8-16)15-19-20(26)25(22(28)29-19)14-13-24-21(27)23(11-12-23)18-5-3-2-4-6-18/h2-10,15H,11-14H2,1H3,(H,24,27)/b19-15-. The fourth-order valence-corrected chi connectivity index (χ4v) is 4.35. The smallest absolute Gasteiger partial charge is 0.293 e. The fourth-order valence-electron chi connectivity index (χ4n) is 3.49. The number of rotatable bonds is 6. The summed E-state index contributed by atoms with van der Waals surface area (Å²) < 4.78 is 0. The van der Waals surface area contributed by atoms with Crippen molar-refractivity contribution in [2.24, 2.45) is 0 Å². The van der Waals surface area contributed by atoms with Gasteiger partial charge in [-0.2, -0.15) is 0 Å². The topological polar surface area (TPSA) is 66.5 Å². The molecule has 0 radical (unpaired) electrons. The SMILES string of the molecule is Cc1ccc(/C=C2\SC(=O)N(CCNC(=O)C3(c4ccccc4)CC3)C2=O)cc1. The van der Waals surface area contributed by atoms with E-state index < -0.39 is 5.41 Å². The maximum absolute atomic E-state index is 12.7. The molecule has 0 atom stereocenters. The lowest BCUT2D eigenvalue weighted by Crippen LogP contribution is -2.41. The number of nitrogens with zero attached hydrogens (tertiary/aromatic N) is 1. The summed E-state index contributed by atoms with van der Waals surface area (Å²) in [5, 5.41) is 2.61. The quantitative estimate of drug-likeness (QED) is 0.740. The summed E-state index contributed by atoms with van der Waals surface area (Å²) in [6.45, 7) is 2.42. The third-order valence-corrected chi connectivity index (χ3v) is 6.29. The van der Waals surface area contributed by atoms with Gasteiger partial charge in [-0.1, -0.05) is 60.2 Å². The Morgan fingerprint density at radius 1 is 1.10 bits per heavy atom. The number of aryl methyl sites for hydroxylation is 1. The zero-order chi connectivity index (χ0) is 20.4. The van der Waals surface area contributed by atoms with Crippen LogP contribution in [0.1, 0.15) is 29.5 Å². The van der Waals surface area contributed by atoms with E-state index >= 15 is 0 Å². The first-order valence-electron chi connectivity index (χ1n) is 9.65. The van der Waals surface area contributed by atoms with Crippen LogP contribution < -0.4 is 5.32 Å². The number of thioether (sulfide) groups is 1. The maximum atomic E-state index is 12.7. The normalized spacial score (nSPS) is 18.9. The van der Waals surface area contributed by atoms with Gasteiger partial charge in [0.1, 0.15) is 0 Å². The Kier molecular flexibility index (Phi) is 5.28. The molecule has 148 valence electrons. The molecule has 1 N–H and O–H groups in total. The van der Waals surface area contributed by atoms with Crippen LogP contribution in [0.25, 0.3) is 6.08 Å². The van der Waals surface area contributed by atoms with Gasteiger partial charge in [-0.15, -0.1) is 0 Å². The first-order valence-corrected chi connectivity index (χ1v) is 10.5. The van der Waals surface area contributed by atoms with Crippen molar-refractivity contribution in [1.82, 2.24) is 10.2 Å². The molecule has 1 saturated heterocycles. The van der Waals surface area contributed by atoms with Gasteiger partial charge in [0.05, 0.1) is 10.3 Å². The minimum Gasteiger partial charge on any atom is -0.354 e. The highest BCUT2D eigenvalue weighted by Gasteiger charge is 2.51. The van der Waals surface area contributed by atoms with Crippen LogP contribution >= 0.6 is 11.8 Å². The molecule has 1 aliphatic heterocycles. The van der Waals surface area contributed by atoms with Crippen molar-refractivity contribution in [2.45, 2.75) is 25.2 Å². The van der Waals surface area contributed by atoms with E-state index in [1.54, 1.807) is 6.08 Å². The highest BCUT2D eigenvalue weighted by Crippen LogP contribution is 2.48. The molecule has 5 nitrogen and oxygen atoms in total. The van der Waals surface area contributed by atoms with Crippen LogP contribution in [0.3, 0.4) is 0 Å². The lowest BCUT2D eigenvalue weighted by atomic mass is 9.95. The molecular formula is C23H22N2O3S. The molecule has 0 spiro atoms. The summed E-state index contributed by atoms with van der Waals surface area (Å²) in [7, 11) is 0. The Labute approximate surface area is 174 Å². The molecule has 6 heteroatoms. The largest absolute Gasteiger partial charge is 0.354 e. The molecule has 2 aromatic carbocycles. The van der Waals surface area contributed by atoms with E-state index in [-0.39, 0.29) is 30.1 Å². The van der Waals surface area contributed by atoms with Gasteiger partial charge in [-0.05, 0) is 48.7 Å². The van der Waals surface area contributed by atoms with Crippen molar-refractivity contribution in [1.29, 1.82) is 0 Å². The van der Waals surface area contributed by atoms with Gasteiger partial charge in [-0.3, -0.25) is 19.3 Å². The number of hydrogen-bond donors (Lipinski definition) is 1. The molecule has 0 unspecified atom stereocenters. The van der Waals surface area contributed by atoms with E-state index in [0.717, 1.165) is 41.3 Å². The second-order valence-corrected chi connectivity index (χ2v) is 8.44. The molecule has 2 fully saturated rings. The first-order chi connectivity index (χ1) is 14.0. The summed E-state index contributed by atoms with van der Waals surface area (Å²) in [6.07, 6.45) is 3.38. The van der Waals surface area contributed by atoms with Crippen molar-refractivity contribution < 1.29 is 14.4 Å². The van der Waals surface area contributed by atoms with Crippen molar-refractivity contribution in [3.63, 3.8) is 0 Å². The van der Waals surface area contributed by atoms with Gasteiger partial charge >= 0.3 is 0 Å². The van der Waals surface area contributed by atoms with Crippen molar-refractivity contribution in [2.75, 3.05) is 13.1 Å². The maximum Gasteiger partial charge on any atom is 0.293 e. The zero-order valence-electron chi connectivity index (χ0n) is 16.2. The average Bonchev–Trinajstić information content (AvgIpc) is 3.50. The van der Waals surface area contributed by atoms with Crippen LogP contribution in [0, 0.1) is 6.92 Å². The Bertz CT molecular complexity index is 979. The third kappa shape index (κ3) is 3.98. The van der Waals surface area contributed by atoms with E-state index in [2.05, 4.69) is 5.32 Å². The molecule has 4 rings (SSSR count). The van der Waals surface area contributed by atoms with Crippen LogP contribution in [0.4, 0.5) is 4.79 Å². The average molecular weight is 407 g/mol. The number of carbonyl (C=O) groups excluding carboxylic acids is 3. The molecule has 1 aliphatic carbocycles. The van der Waals surface area contributed by atoms with Crippen molar-refractivity contribution in [3.8, 4) is 0 Å². The van der Waals surface area contributed by atoms with Crippen molar-refractivity contribution in [3.05, 3.63) is 76.2 Å². The summed E-state index contributed by atoms with van der Waals surface area (Å²) >= 11 is 0.940. The van der Waals surface area contributed by atoms with Gasteiger partial charge in [0.15, 0.2) is 0 Å². The molecule has 1 heterocycles. The highest BCUT2D eigenvalue weighted by atomic mass is 32.2. The van der Waals surface area contributed by atoms with Gasteiger partial charge in [0.25, 0.3) is 11.1 Å². The molecule has 3 amide bonds. The second-order valence-electron chi connectivity index (χ2n) is 7.45. The Morgan fingerprint density at radius 2 is 1.79 bits per heavy atom.